The molecule has 2 aromatic rings. The van der Waals surface area contributed by atoms with Crippen molar-refractivity contribution in [2.24, 2.45) is 0 Å². The van der Waals surface area contributed by atoms with E-state index >= 15 is 0 Å². The third-order valence-electron chi connectivity index (χ3n) is 3.98. The summed E-state index contributed by atoms with van der Waals surface area (Å²) in [6, 6.07) is 14.6. The van der Waals surface area contributed by atoms with Crippen LogP contribution in [0.1, 0.15) is 5.56 Å². The van der Waals surface area contributed by atoms with Gasteiger partial charge in [-0.2, -0.15) is 4.31 Å². The van der Waals surface area contributed by atoms with E-state index in [1.54, 1.807) is 25.2 Å². The highest BCUT2D eigenvalue weighted by Crippen LogP contribution is 2.33. The molecule has 0 saturated heterocycles. The Labute approximate surface area is 137 Å². The number of hydrogen-bond acceptors (Lipinski definition) is 4. The Balaban J connectivity index is 1.89. The molecule has 0 saturated carbocycles. The summed E-state index contributed by atoms with van der Waals surface area (Å²) in [5, 5.41) is 0. The lowest BCUT2D eigenvalue weighted by atomic mass is 10.2. The maximum Gasteiger partial charge on any atom is 0.243 e. The van der Waals surface area contributed by atoms with Gasteiger partial charge >= 0.3 is 0 Å². The van der Waals surface area contributed by atoms with E-state index in [0.29, 0.717) is 13.2 Å². The van der Waals surface area contributed by atoms with E-state index in [4.69, 9.17) is 4.74 Å². The van der Waals surface area contributed by atoms with E-state index < -0.39 is 10.0 Å². The molecule has 0 fully saturated rings. The van der Waals surface area contributed by atoms with Crippen LogP contribution in [-0.4, -0.2) is 40.0 Å². The summed E-state index contributed by atoms with van der Waals surface area (Å²) in [4.78, 5) is 2.29. The Kier molecular flexibility index (Phi) is 4.28. The average Bonchev–Trinajstić information content (AvgIpc) is 2.56. The molecule has 0 radical (unpaired) electrons. The van der Waals surface area contributed by atoms with Gasteiger partial charge in [-0.05, 0) is 23.8 Å². The number of likely N-dealkylation sites (N-methyl/N-ethyl adjacent to an activating group) is 1. The van der Waals surface area contributed by atoms with E-state index in [0.717, 1.165) is 23.5 Å². The molecule has 1 aliphatic heterocycles. The maximum absolute atomic E-state index is 12.8. The molecule has 1 heterocycles. The first-order valence-electron chi connectivity index (χ1n) is 7.47. The van der Waals surface area contributed by atoms with Crippen molar-refractivity contribution in [2.45, 2.75) is 11.4 Å². The molecule has 0 amide bonds. The minimum Gasteiger partial charge on any atom is -0.490 e. The molecule has 5 nitrogen and oxygen atoms in total. The summed E-state index contributed by atoms with van der Waals surface area (Å²) < 4.78 is 32.5. The second kappa shape index (κ2) is 6.22. The van der Waals surface area contributed by atoms with Gasteiger partial charge in [-0.3, -0.25) is 0 Å². The van der Waals surface area contributed by atoms with Gasteiger partial charge in [-0.25, -0.2) is 8.42 Å². The summed E-state index contributed by atoms with van der Waals surface area (Å²) in [6.07, 6.45) is 0. The normalized spacial score (nSPS) is 14.5. The maximum atomic E-state index is 12.8. The molecular weight excluding hydrogens is 312 g/mol. The number of fused-ring (bicyclic) bond motifs is 1. The molecule has 0 bridgehead atoms. The minimum atomic E-state index is -3.54. The molecule has 0 spiro atoms. The van der Waals surface area contributed by atoms with Crippen LogP contribution in [0.3, 0.4) is 0 Å². The molecular formula is C17H20N2O3S. The first kappa shape index (κ1) is 15.8. The van der Waals surface area contributed by atoms with Crippen LogP contribution >= 0.6 is 0 Å². The lowest BCUT2D eigenvalue weighted by Gasteiger charge is -2.28. The summed E-state index contributed by atoms with van der Waals surface area (Å²) in [7, 11) is -0.00782. The van der Waals surface area contributed by atoms with Crippen LogP contribution in [-0.2, 0) is 16.6 Å². The van der Waals surface area contributed by atoms with Gasteiger partial charge in [-0.1, -0.05) is 30.3 Å². The molecule has 3 rings (SSSR count). The molecule has 0 aliphatic carbocycles. The van der Waals surface area contributed by atoms with Crippen molar-refractivity contribution in [1.29, 1.82) is 0 Å². The van der Waals surface area contributed by atoms with Crippen molar-refractivity contribution < 1.29 is 13.2 Å². The van der Waals surface area contributed by atoms with Crippen LogP contribution in [0, 0.1) is 0 Å². The highest BCUT2D eigenvalue weighted by atomic mass is 32.2. The molecule has 0 aromatic heterocycles. The molecule has 2 aromatic carbocycles. The van der Waals surface area contributed by atoms with E-state index in [-0.39, 0.29) is 4.90 Å². The number of hydrogen-bond donors (Lipinski definition) is 0. The van der Waals surface area contributed by atoms with Gasteiger partial charge in [0, 0.05) is 20.6 Å². The molecule has 0 atom stereocenters. The zero-order chi connectivity index (χ0) is 16.4. The van der Waals surface area contributed by atoms with Crippen LogP contribution in [0.25, 0.3) is 0 Å². The predicted octanol–water partition coefficient (Wildman–Crippen LogP) is 2.34. The van der Waals surface area contributed by atoms with Crippen molar-refractivity contribution in [3.05, 3.63) is 54.1 Å². The number of ether oxygens (including phenoxy) is 1. The highest BCUT2D eigenvalue weighted by molar-refractivity contribution is 7.89. The van der Waals surface area contributed by atoms with Gasteiger partial charge in [0.25, 0.3) is 0 Å². The first-order chi connectivity index (χ1) is 11.0. The third kappa shape index (κ3) is 3.18. The molecule has 122 valence electrons. The van der Waals surface area contributed by atoms with Crippen LogP contribution in [0.5, 0.6) is 5.75 Å². The first-order valence-corrected chi connectivity index (χ1v) is 8.91. The van der Waals surface area contributed by atoms with Crippen molar-refractivity contribution in [3.63, 3.8) is 0 Å². The summed E-state index contributed by atoms with van der Waals surface area (Å²) >= 11 is 0. The number of anilines is 1. The SMILES string of the molecule is CN1CCOc2ccc(S(=O)(=O)N(C)Cc3ccccc3)cc21. The molecule has 23 heavy (non-hydrogen) atoms. The second-order valence-electron chi connectivity index (χ2n) is 5.65. The van der Waals surface area contributed by atoms with E-state index in [2.05, 4.69) is 0 Å². The van der Waals surface area contributed by atoms with Gasteiger partial charge < -0.3 is 9.64 Å². The van der Waals surface area contributed by atoms with Gasteiger partial charge in [0.2, 0.25) is 10.0 Å². The fourth-order valence-corrected chi connectivity index (χ4v) is 3.78. The number of benzene rings is 2. The Morgan fingerprint density at radius 3 is 2.65 bits per heavy atom. The molecule has 0 N–H and O–H groups in total. The van der Waals surface area contributed by atoms with Gasteiger partial charge in [-0.15, -0.1) is 0 Å². The van der Waals surface area contributed by atoms with Gasteiger partial charge in [0.1, 0.15) is 12.4 Å². The fourth-order valence-electron chi connectivity index (χ4n) is 2.60. The molecule has 6 heteroatoms. The second-order valence-corrected chi connectivity index (χ2v) is 7.69. The van der Waals surface area contributed by atoms with E-state index in [1.807, 2.05) is 42.3 Å². The summed E-state index contributed by atoms with van der Waals surface area (Å²) in [6.45, 7) is 1.70. The zero-order valence-corrected chi connectivity index (χ0v) is 14.1. The van der Waals surface area contributed by atoms with Crippen molar-refractivity contribution in [2.75, 3.05) is 32.1 Å². The van der Waals surface area contributed by atoms with Crippen LogP contribution in [0.2, 0.25) is 0 Å². The van der Waals surface area contributed by atoms with Crippen molar-refractivity contribution in [3.8, 4) is 5.75 Å². The Hall–Kier alpha value is -2.05. The Morgan fingerprint density at radius 1 is 1.17 bits per heavy atom. The van der Waals surface area contributed by atoms with Crippen LogP contribution < -0.4 is 9.64 Å². The average molecular weight is 332 g/mol. The van der Waals surface area contributed by atoms with Crippen LogP contribution in [0.15, 0.2) is 53.4 Å². The highest BCUT2D eigenvalue weighted by Gasteiger charge is 2.24. The number of rotatable bonds is 4. The number of sulfonamides is 1. The van der Waals surface area contributed by atoms with Crippen LogP contribution in [0.4, 0.5) is 5.69 Å². The quantitative estimate of drug-likeness (QED) is 0.862. The molecule has 0 unspecified atom stereocenters. The van der Waals surface area contributed by atoms with Gasteiger partial charge in [0.15, 0.2) is 0 Å². The lowest BCUT2D eigenvalue weighted by Crippen LogP contribution is -2.30. The van der Waals surface area contributed by atoms with Crippen molar-refractivity contribution in [1.82, 2.24) is 4.31 Å². The number of nitrogens with zero attached hydrogens (tertiary/aromatic N) is 2. The van der Waals surface area contributed by atoms with Gasteiger partial charge in [0.05, 0.1) is 17.1 Å². The predicted molar refractivity (Wildman–Crippen MR) is 90.3 cm³/mol. The van der Waals surface area contributed by atoms with E-state index in [9.17, 15) is 8.42 Å². The lowest BCUT2D eigenvalue weighted by molar-refractivity contribution is 0.311. The summed E-state index contributed by atoms with van der Waals surface area (Å²) in [5.41, 5.74) is 1.77. The smallest absolute Gasteiger partial charge is 0.243 e. The van der Waals surface area contributed by atoms with Crippen molar-refractivity contribution >= 4 is 15.7 Å². The van der Waals surface area contributed by atoms with E-state index in [1.165, 1.54) is 4.31 Å². The topological polar surface area (TPSA) is 49.9 Å². The third-order valence-corrected chi connectivity index (χ3v) is 5.78. The zero-order valence-electron chi connectivity index (χ0n) is 13.3. The Bertz CT molecular complexity index is 791. The fraction of sp³-hybridized carbons (Fsp3) is 0.294. The largest absolute Gasteiger partial charge is 0.490 e. The monoisotopic (exact) mass is 332 g/mol. The summed E-state index contributed by atoms with van der Waals surface area (Å²) in [5.74, 6) is 0.725. The Morgan fingerprint density at radius 2 is 1.91 bits per heavy atom. The molecule has 1 aliphatic rings. The minimum absolute atomic E-state index is 0.284. The standard InChI is InChI=1S/C17H20N2O3S/c1-18-10-11-22-17-9-8-15(12-16(17)18)23(20,21)19(2)13-14-6-4-3-5-7-14/h3-9,12H,10-11,13H2,1-2H3.